The number of methoxy groups -OCH3 is 1. The first-order valence-corrected chi connectivity index (χ1v) is 6.08. The number of ether oxygens (including phenoxy) is 2. The number of nitrogens with two attached hydrogens (primary N) is 1. The molecule has 0 aliphatic heterocycles. The first kappa shape index (κ1) is 14.2. The van der Waals surface area contributed by atoms with Crippen molar-refractivity contribution in [2.24, 2.45) is 5.73 Å². The molecule has 0 unspecified atom stereocenters. The Labute approximate surface area is 109 Å². The second kappa shape index (κ2) is 7.42. The minimum Gasteiger partial charge on any atom is -0.497 e. The largest absolute Gasteiger partial charge is 0.497 e. The molecule has 94 valence electrons. The molecule has 0 spiro atoms. The molecule has 0 bridgehead atoms. The smallest absolute Gasteiger partial charge is 0.162 e. The number of ketones is 1. The molecular formula is C12H16BrNO3. The summed E-state index contributed by atoms with van der Waals surface area (Å²) in [6, 6.07) is 5.54. The second-order valence-corrected chi connectivity index (χ2v) is 4.37. The highest BCUT2D eigenvalue weighted by molar-refractivity contribution is 9.10. The van der Waals surface area contributed by atoms with Gasteiger partial charge in [0.25, 0.3) is 0 Å². The number of carbonyl (C=O) groups is 1. The normalized spacial score (nSPS) is 10.3. The third kappa shape index (κ3) is 4.85. The summed E-state index contributed by atoms with van der Waals surface area (Å²) >= 11 is 3.40. The van der Waals surface area contributed by atoms with Gasteiger partial charge in [-0.15, -0.1) is 0 Å². The van der Waals surface area contributed by atoms with Crippen molar-refractivity contribution < 1.29 is 14.3 Å². The van der Waals surface area contributed by atoms with Crippen LogP contribution in [-0.4, -0.2) is 32.7 Å². The summed E-state index contributed by atoms with van der Waals surface area (Å²) in [5, 5.41) is 0. The lowest BCUT2D eigenvalue weighted by molar-refractivity contribution is -0.122. The van der Waals surface area contributed by atoms with Crippen LogP contribution in [-0.2, 0) is 16.0 Å². The van der Waals surface area contributed by atoms with E-state index < -0.39 is 0 Å². The van der Waals surface area contributed by atoms with Crippen molar-refractivity contribution >= 4 is 21.7 Å². The van der Waals surface area contributed by atoms with Gasteiger partial charge in [0, 0.05) is 17.4 Å². The Balaban J connectivity index is 2.57. The van der Waals surface area contributed by atoms with Crippen molar-refractivity contribution in [3.8, 4) is 5.75 Å². The molecule has 0 aliphatic rings. The molecule has 0 saturated carbocycles. The summed E-state index contributed by atoms with van der Waals surface area (Å²) in [5.41, 5.74) is 6.16. The second-order valence-electron chi connectivity index (χ2n) is 3.51. The van der Waals surface area contributed by atoms with Crippen molar-refractivity contribution in [1.82, 2.24) is 0 Å². The third-order valence-corrected chi connectivity index (χ3v) is 2.94. The van der Waals surface area contributed by atoms with E-state index in [2.05, 4.69) is 15.9 Å². The average Bonchev–Trinajstić information content (AvgIpc) is 2.32. The molecule has 0 radical (unpaired) electrons. The van der Waals surface area contributed by atoms with E-state index in [1.807, 2.05) is 18.2 Å². The molecule has 4 nitrogen and oxygen atoms in total. The van der Waals surface area contributed by atoms with Gasteiger partial charge in [0.2, 0.25) is 0 Å². The topological polar surface area (TPSA) is 61.5 Å². The maximum Gasteiger partial charge on any atom is 0.162 e. The monoisotopic (exact) mass is 301 g/mol. The van der Waals surface area contributed by atoms with E-state index in [9.17, 15) is 4.79 Å². The van der Waals surface area contributed by atoms with Crippen molar-refractivity contribution in [2.75, 3.05) is 26.9 Å². The Kier molecular flexibility index (Phi) is 6.18. The Morgan fingerprint density at radius 1 is 1.47 bits per heavy atom. The molecule has 0 aromatic heterocycles. The van der Waals surface area contributed by atoms with Crippen LogP contribution in [0.15, 0.2) is 22.7 Å². The van der Waals surface area contributed by atoms with Gasteiger partial charge in [-0.05, 0) is 23.8 Å². The van der Waals surface area contributed by atoms with E-state index in [0.29, 0.717) is 19.6 Å². The van der Waals surface area contributed by atoms with Gasteiger partial charge in [-0.3, -0.25) is 4.79 Å². The molecule has 17 heavy (non-hydrogen) atoms. The van der Waals surface area contributed by atoms with Gasteiger partial charge in [0.15, 0.2) is 5.78 Å². The fourth-order valence-corrected chi connectivity index (χ4v) is 1.73. The molecular weight excluding hydrogens is 286 g/mol. The van der Waals surface area contributed by atoms with Gasteiger partial charge >= 0.3 is 0 Å². The summed E-state index contributed by atoms with van der Waals surface area (Å²) in [4.78, 5) is 11.6. The molecule has 0 saturated heterocycles. The first-order valence-electron chi connectivity index (χ1n) is 5.29. The highest BCUT2D eigenvalue weighted by atomic mass is 79.9. The zero-order valence-electron chi connectivity index (χ0n) is 9.74. The molecule has 1 aromatic rings. The number of rotatable bonds is 7. The molecule has 0 aliphatic carbocycles. The maximum atomic E-state index is 11.6. The van der Waals surface area contributed by atoms with Crippen molar-refractivity contribution in [1.29, 1.82) is 0 Å². The van der Waals surface area contributed by atoms with Gasteiger partial charge in [0.05, 0.1) is 13.7 Å². The van der Waals surface area contributed by atoms with Crippen LogP contribution in [0.4, 0.5) is 0 Å². The lowest BCUT2D eigenvalue weighted by Gasteiger charge is -2.07. The Hall–Kier alpha value is -0.910. The van der Waals surface area contributed by atoms with E-state index in [-0.39, 0.29) is 12.4 Å². The predicted octanol–water partition coefficient (Wildman–Crippen LogP) is 1.54. The Bertz CT molecular complexity index is 382. The van der Waals surface area contributed by atoms with E-state index >= 15 is 0 Å². The van der Waals surface area contributed by atoms with E-state index in [4.69, 9.17) is 15.2 Å². The van der Waals surface area contributed by atoms with Crippen LogP contribution in [0.25, 0.3) is 0 Å². The molecule has 0 heterocycles. The van der Waals surface area contributed by atoms with Crippen molar-refractivity contribution in [2.45, 2.75) is 6.42 Å². The van der Waals surface area contributed by atoms with Gasteiger partial charge < -0.3 is 15.2 Å². The van der Waals surface area contributed by atoms with Crippen LogP contribution in [0.1, 0.15) is 5.56 Å². The molecule has 0 amide bonds. The number of benzene rings is 1. The fraction of sp³-hybridized carbons (Fsp3) is 0.417. The van der Waals surface area contributed by atoms with E-state index in [0.717, 1.165) is 15.8 Å². The van der Waals surface area contributed by atoms with Crippen molar-refractivity contribution in [3.63, 3.8) is 0 Å². The molecule has 0 fully saturated rings. The average molecular weight is 302 g/mol. The number of halogens is 1. The lowest BCUT2D eigenvalue weighted by Crippen LogP contribution is -2.16. The summed E-state index contributed by atoms with van der Waals surface area (Å²) in [7, 11) is 1.60. The summed E-state index contributed by atoms with van der Waals surface area (Å²) in [6.07, 6.45) is 0.322. The highest BCUT2D eigenvalue weighted by Gasteiger charge is 2.08. The minimum absolute atomic E-state index is 0.0207. The van der Waals surface area contributed by atoms with Crippen LogP contribution < -0.4 is 10.5 Å². The standard InChI is InChI=1S/C12H16BrNO3/c1-16-11-2-3-12(13)9(7-11)6-10(15)8-17-5-4-14/h2-3,7H,4-6,8,14H2,1H3. The van der Waals surface area contributed by atoms with Crippen LogP contribution in [0.3, 0.4) is 0 Å². The SMILES string of the molecule is COc1ccc(Br)c(CC(=O)COCCN)c1. The lowest BCUT2D eigenvalue weighted by atomic mass is 10.1. The zero-order chi connectivity index (χ0) is 12.7. The van der Waals surface area contributed by atoms with Gasteiger partial charge in [0.1, 0.15) is 12.4 Å². The van der Waals surface area contributed by atoms with Gasteiger partial charge in [-0.1, -0.05) is 15.9 Å². The zero-order valence-corrected chi connectivity index (χ0v) is 11.3. The molecule has 2 N–H and O–H groups in total. The minimum atomic E-state index is 0.0207. The summed E-state index contributed by atoms with van der Waals surface area (Å²) in [6.45, 7) is 0.933. The van der Waals surface area contributed by atoms with Crippen molar-refractivity contribution in [3.05, 3.63) is 28.2 Å². The third-order valence-electron chi connectivity index (χ3n) is 2.17. The van der Waals surface area contributed by atoms with E-state index in [1.165, 1.54) is 0 Å². The number of Topliss-reactive ketones (excluding diaryl/α,β-unsaturated/α-hetero) is 1. The fourth-order valence-electron chi connectivity index (χ4n) is 1.35. The van der Waals surface area contributed by atoms with E-state index in [1.54, 1.807) is 7.11 Å². The van der Waals surface area contributed by atoms with Crippen LogP contribution >= 0.6 is 15.9 Å². The van der Waals surface area contributed by atoms with Gasteiger partial charge in [-0.2, -0.15) is 0 Å². The summed E-state index contributed by atoms with van der Waals surface area (Å²) < 4.78 is 11.1. The predicted molar refractivity (Wildman–Crippen MR) is 69.3 cm³/mol. The summed E-state index contributed by atoms with van der Waals surface area (Å²) in [5.74, 6) is 0.756. The Morgan fingerprint density at radius 3 is 2.88 bits per heavy atom. The molecule has 5 heteroatoms. The number of hydrogen-bond donors (Lipinski definition) is 1. The molecule has 0 atom stereocenters. The van der Waals surface area contributed by atoms with Crippen LogP contribution in [0.5, 0.6) is 5.75 Å². The molecule has 1 aromatic carbocycles. The quantitative estimate of drug-likeness (QED) is 0.776. The van der Waals surface area contributed by atoms with Crippen LogP contribution in [0, 0.1) is 0 Å². The Morgan fingerprint density at radius 2 is 2.24 bits per heavy atom. The maximum absolute atomic E-state index is 11.6. The highest BCUT2D eigenvalue weighted by Crippen LogP contribution is 2.22. The molecule has 1 rings (SSSR count). The first-order chi connectivity index (χ1) is 8.17. The van der Waals surface area contributed by atoms with Crippen LogP contribution in [0.2, 0.25) is 0 Å². The van der Waals surface area contributed by atoms with Gasteiger partial charge in [-0.25, -0.2) is 0 Å². The number of hydrogen-bond acceptors (Lipinski definition) is 4. The number of carbonyl (C=O) groups excluding carboxylic acids is 1.